The van der Waals surface area contributed by atoms with Crippen molar-refractivity contribution in [3.63, 3.8) is 0 Å². The predicted octanol–water partition coefficient (Wildman–Crippen LogP) is 3.98. The Morgan fingerprint density at radius 1 is 1.00 bits per heavy atom. The van der Waals surface area contributed by atoms with E-state index >= 15 is 0 Å². The zero-order chi connectivity index (χ0) is 19.6. The van der Waals surface area contributed by atoms with Gasteiger partial charge in [-0.25, -0.2) is 5.01 Å². The molecule has 5 heteroatoms. The number of rotatable bonds is 4. The number of hydrogen-bond donors (Lipinski definition) is 1. The van der Waals surface area contributed by atoms with E-state index in [9.17, 15) is 4.79 Å². The minimum atomic E-state index is 0.112. The summed E-state index contributed by atoms with van der Waals surface area (Å²) in [4.78, 5) is 18.4. The molecule has 2 aliphatic rings. The number of carbonyl (C=O) groups excluding carboxylic acids is 1. The summed E-state index contributed by atoms with van der Waals surface area (Å²) in [5.74, 6) is 0.675. The molecule has 0 saturated carbocycles. The Bertz CT molecular complexity index is 1030. The average Bonchev–Trinajstić information content (AvgIpc) is 3.43. The topological polar surface area (TPSA) is 51.7 Å². The van der Waals surface area contributed by atoms with Crippen LogP contribution in [0.1, 0.15) is 36.3 Å². The number of benzene rings is 2. The van der Waals surface area contributed by atoms with Crippen molar-refractivity contribution in [2.45, 2.75) is 25.2 Å². The molecule has 5 nitrogen and oxygen atoms in total. The molecule has 0 unspecified atom stereocenters. The van der Waals surface area contributed by atoms with Gasteiger partial charge >= 0.3 is 0 Å². The lowest BCUT2D eigenvalue weighted by molar-refractivity contribution is -0.132. The summed E-state index contributed by atoms with van der Waals surface area (Å²) in [6.07, 6.45) is 5.18. The van der Waals surface area contributed by atoms with E-state index in [0.29, 0.717) is 19.0 Å². The first-order valence-corrected chi connectivity index (χ1v) is 10.5. The Hall–Kier alpha value is -2.92. The van der Waals surface area contributed by atoms with Gasteiger partial charge in [-0.05, 0) is 49.0 Å². The Morgan fingerprint density at radius 2 is 1.76 bits per heavy atom. The van der Waals surface area contributed by atoms with Crippen LogP contribution in [-0.4, -0.2) is 52.7 Å². The maximum atomic E-state index is 12.7. The van der Waals surface area contributed by atoms with Gasteiger partial charge in [-0.1, -0.05) is 48.5 Å². The number of fused-ring (bicyclic) bond motifs is 1. The number of nitrogens with zero attached hydrogens (tertiary/aromatic N) is 3. The van der Waals surface area contributed by atoms with Crippen LogP contribution in [0.15, 0.2) is 65.9 Å². The quantitative estimate of drug-likeness (QED) is 0.737. The molecule has 148 valence electrons. The Balaban J connectivity index is 1.18. The maximum absolute atomic E-state index is 12.7. The molecular formula is C24H26N4O. The summed E-state index contributed by atoms with van der Waals surface area (Å²) in [5.41, 5.74) is 4.75. The van der Waals surface area contributed by atoms with Gasteiger partial charge in [0.15, 0.2) is 0 Å². The van der Waals surface area contributed by atoms with E-state index < -0.39 is 0 Å². The first-order valence-electron chi connectivity index (χ1n) is 10.5. The van der Waals surface area contributed by atoms with Gasteiger partial charge in [-0.15, -0.1) is 0 Å². The highest BCUT2D eigenvalue weighted by Gasteiger charge is 2.27. The number of aromatic amines is 1. The van der Waals surface area contributed by atoms with E-state index in [4.69, 9.17) is 0 Å². The molecule has 1 saturated heterocycles. The van der Waals surface area contributed by atoms with Crippen molar-refractivity contribution >= 4 is 22.5 Å². The smallest absolute Gasteiger partial charge is 0.256 e. The number of hydrazone groups is 1. The molecule has 0 radical (unpaired) electrons. The lowest BCUT2D eigenvalue weighted by Crippen LogP contribution is -2.41. The molecule has 0 spiro atoms. The van der Waals surface area contributed by atoms with E-state index in [1.54, 1.807) is 5.01 Å². The Kier molecular flexibility index (Phi) is 4.90. The summed E-state index contributed by atoms with van der Waals surface area (Å²) >= 11 is 0. The summed E-state index contributed by atoms with van der Waals surface area (Å²) in [6, 6.07) is 18.7. The highest BCUT2D eigenvalue weighted by Crippen LogP contribution is 2.33. The van der Waals surface area contributed by atoms with Crippen molar-refractivity contribution in [3.05, 3.63) is 71.9 Å². The number of piperidine rings is 1. The average molecular weight is 386 g/mol. The number of nitrogens with one attached hydrogen (secondary N) is 1. The van der Waals surface area contributed by atoms with Crippen LogP contribution in [0.25, 0.3) is 10.9 Å². The first kappa shape index (κ1) is 18.1. The van der Waals surface area contributed by atoms with Crippen molar-refractivity contribution < 1.29 is 4.79 Å². The molecule has 3 heterocycles. The maximum Gasteiger partial charge on any atom is 0.256 e. The van der Waals surface area contributed by atoms with E-state index in [0.717, 1.165) is 43.6 Å². The van der Waals surface area contributed by atoms with Crippen LogP contribution < -0.4 is 0 Å². The second-order valence-corrected chi connectivity index (χ2v) is 8.02. The highest BCUT2D eigenvalue weighted by molar-refractivity contribution is 6.02. The van der Waals surface area contributed by atoms with Crippen LogP contribution in [-0.2, 0) is 4.79 Å². The third kappa shape index (κ3) is 3.70. The van der Waals surface area contributed by atoms with Gasteiger partial charge in [0, 0.05) is 23.5 Å². The third-order valence-corrected chi connectivity index (χ3v) is 6.20. The standard InChI is InChI=1S/C24H26N4O/c29-24(28-15-12-22(26-28)19-6-2-1-3-7-19)17-27-13-10-18(11-14-27)21-16-25-23-9-5-4-8-20(21)23/h1-9,16,18,25H,10-15,17H2. The molecule has 2 aliphatic heterocycles. The van der Waals surface area contributed by atoms with Crippen LogP contribution in [0.2, 0.25) is 0 Å². The molecule has 0 bridgehead atoms. The van der Waals surface area contributed by atoms with Gasteiger partial charge in [0.25, 0.3) is 5.91 Å². The number of H-pyrrole nitrogens is 1. The zero-order valence-corrected chi connectivity index (χ0v) is 16.6. The number of para-hydroxylation sites is 1. The molecule has 29 heavy (non-hydrogen) atoms. The zero-order valence-electron chi connectivity index (χ0n) is 16.6. The van der Waals surface area contributed by atoms with Crippen molar-refractivity contribution in [3.8, 4) is 0 Å². The molecule has 1 fully saturated rings. The molecule has 3 aromatic rings. The van der Waals surface area contributed by atoms with Gasteiger partial charge in [0.05, 0.1) is 18.8 Å². The fourth-order valence-corrected chi connectivity index (χ4v) is 4.58. The van der Waals surface area contributed by atoms with Crippen LogP contribution >= 0.6 is 0 Å². The molecule has 5 rings (SSSR count). The summed E-state index contributed by atoms with van der Waals surface area (Å²) < 4.78 is 0. The van der Waals surface area contributed by atoms with Crippen LogP contribution in [0.3, 0.4) is 0 Å². The van der Waals surface area contributed by atoms with E-state index in [2.05, 4.69) is 57.6 Å². The normalized spacial score (nSPS) is 18.3. The minimum Gasteiger partial charge on any atom is -0.361 e. The predicted molar refractivity (Wildman–Crippen MR) is 116 cm³/mol. The number of aromatic nitrogens is 1. The van der Waals surface area contributed by atoms with Gasteiger partial charge in [-0.2, -0.15) is 5.10 Å². The van der Waals surface area contributed by atoms with Crippen LogP contribution in [0.4, 0.5) is 0 Å². The first-order chi connectivity index (χ1) is 14.3. The van der Waals surface area contributed by atoms with E-state index in [-0.39, 0.29) is 5.91 Å². The SMILES string of the molecule is O=C(CN1CCC(c2c[nH]c3ccccc23)CC1)N1CCC(c2ccccc2)=N1. The summed E-state index contributed by atoms with van der Waals surface area (Å²) in [6.45, 7) is 3.07. The number of likely N-dealkylation sites (tertiary alicyclic amines) is 1. The van der Waals surface area contributed by atoms with Crippen LogP contribution in [0.5, 0.6) is 0 Å². The fourth-order valence-electron chi connectivity index (χ4n) is 4.58. The Labute approximate surface area is 171 Å². The van der Waals surface area contributed by atoms with Crippen molar-refractivity contribution in [1.82, 2.24) is 14.9 Å². The molecule has 1 aromatic heterocycles. The van der Waals surface area contributed by atoms with Gasteiger partial charge in [0.1, 0.15) is 0 Å². The van der Waals surface area contributed by atoms with E-state index in [1.807, 2.05) is 18.2 Å². The molecule has 0 atom stereocenters. The van der Waals surface area contributed by atoms with E-state index in [1.165, 1.54) is 16.5 Å². The third-order valence-electron chi connectivity index (χ3n) is 6.20. The second-order valence-electron chi connectivity index (χ2n) is 8.02. The molecule has 0 aliphatic carbocycles. The van der Waals surface area contributed by atoms with Crippen molar-refractivity contribution in [2.24, 2.45) is 5.10 Å². The number of hydrogen-bond acceptors (Lipinski definition) is 3. The fraction of sp³-hybridized carbons (Fsp3) is 0.333. The van der Waals surface area contributed by atoms with Crippen LogP contribution in [0, 0.1) is 0 Å². The summed E-state index contributed by atoms with van der Waals surface area (Å²) in [5, 5.41) is 7.58. The molecule has 1 N–H and O–H groups in total. The number of carbonyl (C=O) groups is 1. The van der Waals surface area contributed by atoms with Crippen molar-refractivity contribution in [2.75, 3.05) is 26.2 Å². The van der Waals surface area contributed by atoms with Crippen molar-refractivity contribution in [1.29, 1.82) is 0 Å². The lowest BCUT2D eigenvalue weighted by Gasteiger charge is -2.32. The Morgan fingerprint density at radius 3 is 2.59 bits per heavy atom. The largest absolute Gasteiger partial charge is 0.361 e. The van der Waals surface area contributed by atoms with Gasteiger partial charge in [-0.3, -0.25) is 9.69 Å². The van der Waals surface area contributed by atoms with Gasteiger partial charge in [0.2, 0.25) is 0 Å². The lowest BCUT2D eigenvalue weighted by atomic mass is 9.89. The van der Waals surface area contributed by atoms with Gasteiger partial charge < -0.3 is 4.98 Å². The minimum absolute atomic E-state index is 0.112. The summed E-state index contributed by atoms with van der Waals surface area (Å²) in [7, 11) is 0. The second kappa shape index (κ2) is 7.84. The molecule has 1 amide bonds. The highest BCUT2D eigenvalue weighted by atomic mass is 16.2. The monoisotopic (exact) mass is 386 g/mol. The molecular weight excluding hydrogens is 360 g/mol. The number of amides is 1. The molecule has 2 aromatic carbocycles.